The topological polar surface area (TPSA) is 36.4 Å². The van der Waals surface area contributed by atoms with Gasteiger partial charge in [0.2, 0.25) is 5.91 Å². The van der Waals surface area contributed by atoms with E-state index in [4.69, 9.17) is 0 Å². The zero-order valence-electron chi connectivity index (χ0n) is 13.7. The fraction of sp³-hybridized carbons (Fsp3) is 0.647. The van der Waals surface area contributed by atoms with Crippen LogP contribution in [0.15, 0.2) is 18.3 Å². The first-order valence-electron chi connectivity index (χ1n) is 7.85. The summed E-state index contributed by atoms with van der Waals surface area (Å²) in [6.45, 7) is 6.93. The van der Waals surface area contributed by atoms with E-state index in [2.05, 4.69) is 35.9 Å². The Morgan fingerprint density at radius 1 is 1.38 bits per heavy atom. The number of likely N-dealkylation sites (N-methyl/N-ethyl adjacent to an activating group) is 1. The van der Waals surface area contributed by atoms with Crippen LogP contribution in [0, 0.1) is 0 Å². The first-order chi connectivity index (χ1) is 9.97. The lowest BCUT2D eigenvalue weighted by atomic mass is 9.89. The Kier molecular flexibility index (Phi) is 5.34. The Labute approximate surface area is 128 Å². The molecule has 4 nitrogen and oxygen atoms in total. The molecule has 4 heteroatoms. The highest BCUT2D eigenvalue weighted by atomic mass is 16.2. The average Bonchev–Trinajstić information content (AvgIpc) is 2.46. The van der Waals surface area contributed by atoms with Crippen LogP contribution in [-0.4, -0.2) is 54.4 Å². The van der Waals surface area contributed by atoms with E-state index in [0.717, 1.165) is 31.7 Å². The van der Waals surface area contributed by atoms with Gasteiger partial charge in [0, 0.05) is 37.9 Å². The van der Waals surface area contributed by atoms with Crippen molar-refractivity contribution < 1.29 is 4.79 Å². The van der Waals surface area contributed by atoms with Gasteiger partial charge in [0.05, 0.1) is 0 Å². The van der Waals surface area contributed by atoms with Gasteiger partial charge in [-0.2, -0.15) is 0 Å². The number of rotatable bonds is 5. The second kappa shape index (κ2) is 7.03. The summed E-state index contributed by atoms with van der Waals surface area (Å²) in [5, 5.41) is 0. The second-order valence-corrected chi connectivity index (χ2v) is 6.54. The molecule has 116 valence electrons. The minimum absolute atomic E-state index is 0.279. The summed E-state index contributed by atoms with van der Waals surface area (Å²) in [6.07, 6.45) is 3.63. The normalized spacial score (nSPS) is 19.6. The molecule has 0 aromatic carbocycles. The fourth-order valence-electron chi connectivity index (χ4n) is 2.72. The maximum atomic E-state index is 12.3. The Morgan fingerprint density at radius 3 is 2.67 bits per heavy atom. The predicted molar refractivity (Wildman–Crippen MR) is 85.4 cm³/mol. The van der Waals surface area contributed by atoms with Crippen molar-refractivity contribution in [2.24, 2.45) is 0 Å². The lowest BCUT2D eigenvalue weighted by Crippen LogP contribution is -2.41. The molecule has 21 heavy (non-hydrogen) atoms. The lowest BCUT2D eigenvalue weighted by Gasteiger charge is -2.32. The molecular weight excluding hydrogens is 262 g/mol. The van der Waals surface area contributed by atoms with Crippen molar-refractivity contribution in [3.8, 4) is 0 Å². The summed E-state index contributed by atoms with van der Waals surface area (Å²) in [4.78, 5) is 20.9. The number of carbonyl (C=O) groups is 1. The quantitative estimate of drug-likeness (QED) is 0.835. The minimum Gasteiger partial charge on any atom is -0.341 e. The van der Waals surface area contributed by atoms with E-state index in [1.807, 2.05) is 25.2 Å². The summed E-state index contributed by atoms with van der Waals surface area (Å²) in [5.74, 6) is 1.07. The number of piperidine rings is 1. The monoisotopic (exact) mass is 289 g/mol. The van der Waals surface area contributed by atoms with E-state index in [1.54, 1.807) is 0 Å². The molecule has 0 aliphatic carbocycles. The van der Waals surface area contributed by atoms with Crippen LogP contribution in [-0.2, 0) is 4.79 Å². The SMILES string of the molecule is CC(C)c1ccc([C@@H]2CCN(CCN(C)C)C(=O)C2)cn1. The van der Waals surface area contributed by atoms with Gasteiger partial charge in [0.15, 0.2) is 0 Å². The molecule has 1 aromatic heterocycles. The van der Waals surface area contributed by atoms with Crippen LogP contribution in [0.4, 0.5) is 0 Å². The van der Waals surface area contributed by atoms with Gasteiger partial charge >= 0.3 is 0 Å². The highest BCUT2D eigenvalue weighted by molar-refractivity contribution is 5.78. The molecule has 1 amide bonds. The molecule has 2 rings (SSSR count). The number of pyridine rings is 1. The molecule has 2 heterocycles. The Morgan fingerprint density at radius 2 is 2.14 bits per heavy atom. The molecule has 1 aromatic rings. The number of hydrogen-bond acceptors (Lipinski definition) is 3. The van der Waals surface area contributed by atoms with Crippen LogP contribution >= 0.6 is 0 Å². The average molecular weight is 289 g/mol. The van der Waals surface area contributed by atoms with Crippen molar-refractivity contribution >= 4 is 5.91 Å². The van der Waals surface area contributed by atoms with Gasteiger partial charge in [-0.1, -0.05) is 19.9 Å². The maximum Gasteiger partial charge on any atom is 0.223 e. The third-order valence-electron chi connectivity index (χ3n) is 4.21. The van der Waals surface area contributed by atoms with E-state index < -0.39 is 0 Å². The van der Waals surface area contributed by atoms with E-state index in [9.17, 15) is 4.79 Å². The lowest BCUT2D eigenvalue weighted by molar-refractivity contribution is -0.134. The number of amides is 1. The van der Waals surface area contributed by atoms with Gasteiger partial charge in [0.25, 0.3) is 0 Å². The standard InChI is InChI=1S/C17H27N3O/c1-13(2)16-6-5-15(12-18-16)14-7-8-20(17(21)11-14)10-9-19(3)4/h5-6,12-14H,7-11H2,1-4H3/t14-/m1/s1. The highest BCUT2D eigenvalue weighted by Crippen LogP contribution is 2.28. The highest BCUT2D eigenvalue weighted by Gasteiger charge is 2.26. The van der Waals surface area contributed by atoms with E-state index in [0.29, 0.717) is 18.3 Å². The van der Waals surface area contributed by atoms with Crippen molar-refractivity contribution in [3.05, 3.63) is 29.6 Å². The van der Waals surface area contributed by atoms with Gasteiger partial charge in [0.1, 0.15) is 0 Å². The van der Waals surface area contributed by atoms with Gasteiger partial charge in [-0.15, -0.1) is 0 Å². The zero-order valence-corrected chi connectivity index (χ0v) is 13.7. The van der Waals surface area contributed by atoms with E-state index in [1.165, 1.54) is 5.56 Å². The van der Waals surface area contributed by atoms with Crippen molar-refractivity contribution in [2.45, 2.75) is 38.5 Å². The van der Waals surface area contributed by atoms with Gasteiger partial charge in [-0.3, -0.25) is 9.78 Å². The molecule has 0 bridgehead atoms. The number of carbonyl (C=O) groups excluding carboxylic acids is 1. The number of hydrogen-bond donors (Lipinski definition) is 0. The van der Waals surface area contributed by atoms with Crippen molar-refractivity contribution in [1.29, 1.82) is 0 Å². The minimum atomic E-state index is 0.279. The Hall–Kier alpha value is -1.42. The largest absolute Gasteiger partial charge is 0.341 e. The van der Waals surface area contributed by atoms with Crippen LogP contribution in [0.2, 0.25) is 0 Å². The predicted octanol–water partition coefficient (Wildman–Crippen LogP) is 2.47. The molecule has 0 spiro atoms. The molecule has 1 atom stereocenters. The third kappa shape index (κ3) is 4.27. The summed E-state index contributed by atoms with van der Waals surface area (Å²) < 4.78 is 0. The molecule has 0 radical (unpaired) electrons. The number of nitrogens with zero attached hydrogens (tertiary/aromatic N) is 3. The Bertz CT molecular complexity index is 467. The third-order valence-corrected chi connectivity index (χ3v) is 4.21. The fourth-order valence-corrected chi connectivity index (χ4v) is 2.72. The molecular formula is C17H27N3O. The molecule has 1 aliphatic heterocycles. The summed E-state index contributed by atoms with van der Waals surface area (Å²) in [6, 6.07) is 4.25. The molecule has 1 fully saturated rings. The smallest absolute Gasteiger partial charge is 0.223 e. The summed E-state index contributed by atoms with van der Waals surface area (Å²) in [7, 11) is 4.08. The molecule has 0 unspecified atom stereocenters. The van der Waals surface area contributed by atoms with Crippen molar-refractivity contribution in [3.63, 3.8) is 0 Å². The van der Waals surface area contributed by atoms with Crippen LogP contribution in [0.3, 0.4) is 0 Å². The van der Waals surface area contributed by atoms with Crippen LogP contribution in [0.25, 0.3) is 0 Å². The number of likely N-dealkylation sites (tertiary alicyclic amines) is 1. The first kappa shape index (κ1) is 16.0. The van der Waals surface area contributed by atoms with Crippen LogP contribution in [0.5, 0.6) is 0 Å². The number of aromatic nitrogens is 1. The van der Waals surface area contributed by atoms with Crippen LogP contribution < -0.4 is 0 Å². The molecule has 1 aliphatic rings. The second-order valence-electron chi connectivity index (χ2n) is 6.54. The van der Waals surface area contributed by atoms with Crippen molar-refractivity contribution in [1.82, 2.24) is 14.8 Å². The van der Waals surface area contributed by atoms with Gasteiger partial charge < -0.3 is 9.80 Å². The van der Waals surface area contributed by atoms with Gasteiger partial charge in [-0.05, 0) is 44.0 Å². The van der Waals surface area contributed by atoms with Crippen molar-refractivity contribution in [2.75, 3.05) is 33.7 Å². The zero-order chi connectivity index (χ0) is 15.4. The first-order valence-corrected chi connectivity index (χ1v) is 7.85. The van der Waals surface area contributed by atoms with Gasteiger partial charge in [-0.25, -0.2) is 0 Å². The molecule has 1 saturated heterocycles. The molecule has 0 N–H and O–H groups in total. The Balaban J connectivity index is 1.94. The maximum absolute atomic E-state index is 12.3. The summed E-state index contributed by atoms with van der Waals surface area (Å²) >= 11 is 0. The van der Waals surface area contributed by atoms with E-state index in [-0.39, 0.29) is 5.91 Å². The van der Waals surface area contributed by atoms with Crippen LogP contribution in [0.1, 0.15) is 49.8 Å². The molecule has 0 saturated carbocycles. The van der Waals surface area contributed by atoms with E-state index >= 15 is 0 Å². The summed E-state index contributed by atoms with van der Waals surface area (Å²) in [5.41, 5.74) is 2.33.